The largest absolute Gasteiger partial charge is 0.496 e. The van der Waals surface area contributed by atoms with Gasteiger partial charge in [0.15, 0.2) is 5.13 Å². The number of carboxylic acids is 1. The Kier molecular flexibility index (Phi) is 7.40. The van der Waals surface area contributed by atoms with Gasteiger partial charge >= 0.3 is 5.97 Å². The van der Waals surface area contributed by atoms with E-state index in [1.165, 1.54) is 17.4 Å². The molecule has 1 aromatic heterocycles. The summed E-state index contributed by atoms with van der Waals surface area (Å²) < 4.78 is 11.1. The van der Waals surface area contributed by atoms with Crippen molar-refractivity contribution < 1.29 is 24.2 Å². The number of benzene rings is 2. The van der Waals surface area contributed by atoms with Crippen LogP contribution in [-0.4, -0.2) is 29.1 Å². The molecule has 0 radical (unpaired) electrons. The standard InChI is InChI=1S/C23H22N2O5S/c1-15-3-4-17(11-20(15)29-2)13-30-19-8-5-16(6-9-19)7-10-21(26)25-23-24-18(14-31-23)12-22(27)28/h3-11,14H,12-13H2,1-2H3,(H,27,28)(H,24,25,26)/b10-7+. The van der Waals surface area contributed by atoms with Crippen LogP contribution in [0.5, 0.6) is 11.5 Å². The van der Waals surface area contributed by atoms with Crippen LogP contribution in [0.2, 0.25) is 0 Å². The number of thiazole rings is 1. The second-order valence-electron chi connectivity index (χ2n) is 6.70. The summed E-state index contributed by atoms with van der Waals surface area (Å²) in [6.45, 7) is 2.41. The van der Waals surface area contributed by atoms with E-state index < -0.39 is 5.97 Å². The molecule has 0 spiro atoms. The number of carbonyl (C=O) groups is 2. The van der Waals surface area contributed by atoms with Gasteiger partial charge in [0.25, 0.3) is 0 Å². The normalized spacial score (nSPS) is 10.8. The summed E-state index contributed by atoms with van der Waals surface area (Å²) in [6, 6.07) is 13.3. The number of rotatable bonds is 9. The molecule has 0 aliphatic rings. The number of amides is 1. The first-order chi connectivity index (χ1) is 14.9. The SMILES string of the molecule is COc1cc(COc2ccc(/C=C/C(=O)Nc3nc(CC(=O)O)cs3)cc2)ccc1C. The molecule has 0 saturated heterocycles. The minimum atomic E-state index is -0.964. The lowest BCUT2D eigenvalue weighted by Gasteiger charge is -2.09. The van der Waals surface area contributed by atoms with Crippen LogP contribution in [0.1, 0.15) is 22.4 Å². The van der Waals surface area contributed by atoms with Gasteiger partial charge in [0.1, 0.15) is 18.1 Å². The van der Waals surface area contributed by atoms with Crippen LogP contribution in [0.4, 0.5) is 5.13 Å². The van der Waals surface area contributed by atoms with E-state index in [-0.39, 0.29) is 12.3 Å². The molecule has 7 nitrogen and oxygen atoms in total. The third-order valence-corrected chi connectivity index (χ3v) is 5.11. The van der Waals surface area contributed by atoms with E-state index in [4.69, 9.17) is 14.6 Å². The molecule has 2 aromatic carbocycles. The Morgan fingerprint density at radius 3 is 2.68 bits per heavy atom. The third kappa shape index (κ3) is 6.68. The first-order valence-corrected chi connectivity index (χ1v) is 10.3. The summed E-state index contributed by atoms with van der Waals surface area (Å²) in [5.41, 5.74) is 3.33. The molecule has 0 unspecified atom stereocenters. The molecule has 160 valence electrons. The third-order valence-electron chi connectivity index (χ3n) is 4.30. The first-order valence-electron chi connectivity index (χ1n) is 9.44. The minimum Gasteiger partial charge on any atom is -0.496 e. The number of aliphatic carboxylic acids is 1. The van der Waals surface area contributed by atoms with E-state index in [1.54, 1.807) is 18.6 Å². The minimum absolute atomic E-state index is 0.173. The summed E-state index contributed by atoms with van der Waals surface area (Å²) >= 11 is 1.19. The van der Waals surface area contributed by atoms with Crippen molar-refractivity contribution in [3.8, 4) is 11.5 Å². The van der Waals surface area contributed by atoms with Crippen molar-refractivity contribution in [1.29, 1.82) is 0 Å². The van der Waals surface area contributed by atoms with Crippen molar-refractivity contribution in [2.24, 2.45) is 0 Å². The zero-order chi connectivity index (χ0) is 22.2. The Balaban J connectivity index is 1.51. The van der Waals surface area contributed by atoms with Crippen molar-refractivity contribution in [1.82, 2.24) is 4.98 Å². The quantitative estimate of drug-likeness (QED) is 0.483. The van der Waals surface area contributed by atoms with E-state index in [1.807, 2.05) is 49.4 Å². The predicted octanol–water partition coefficient (Wildman–Crippen LogP) is 4.32. The topological polar surface area (TPSA) is 97.8 Å². The van der Waals surface area contributed by atoms with Crippen LogP contribution in [0.3, 0.4) is 0 Å². The van der Waals surface area contributed by atoms with Crippen LogP contribution >= 0.6 is 11.3 Å². The van der Waals surface area contributed by atoms with Gasteiger partial charge in [-0.3, -0.25) is 14.9 Å². The molecule has 0 bridgehead atoms. The molecule has 2 N–H and O–H groups in total. The van der Waals surface area contributed by atoms with E-state index in [0.717, 1.165) is 28.2 Å². The average Bonchev–Trinajstić information content (AvgIpc) is 3.18. The molecule has 0 saturated carbocycles. The summed E-state index contributed by atoms with van der Waals surface area (Å²) in [5.74, 6) is 0.240. The summed E-state index contributed by atoms with van der Waals surface area (Å²) in [5, 5.41) is 13.4. The number of methoxy groups -OCH3 is 1. The number of aromatic nitrogens is 1. The monoisotopic (exact) mass is 438 g/mol. The lowest BCUT2D eigenvalue weighted by Crippen LogP contribution is -2.08. The maximum Gasteiger partial charge on any atom is 0.309 e. The van der Waals surface area contributed by atoms with Crippen LogP contribution in [0.25, 0.3) is 6.08 Å². The summed E-state index contributed by atoms with van der Waals surface area (Å²) in [6.07, 6.45) is 2.90. The first kappa shape index (κ1) is 22.0. The number of nitrogens with zero attached hydrogens (tertiary/aromatic N) is 1. The Labute approximate surface area is 184 Å². The fraction of sp³-hybridized carbons (Fsp3) is 0.174. The number of hydrogen-bond donors (Lipinski definition) is 2. The Hall–Kier alpha value is -3.65. The zero-order valence-corrected chi connectivity index (χ0v) is 17.9. The lowest BCUT2D eigenvalue weighted by molar-refractivity contribution is -0.136. The molecule has 0 fully saturated rings. The van der Waals surface area contributed by atoms with Gasteiger partial charge in [-0.15, -0.1) is 11.3 Å². The highest BCUT2D eigenvalue weighted by Crippen LogP contribution is 2.21. The fourth-order valence-electron chi connectivity index (χ4n) is 2.72. The molecule has 3 rings (SSSR count). The Bertz CT molecular complexity index is 1090. The summed E-state index contributed by atoms with van der Waals surface area (Å²) in [4.78, 5) is 26.8. The van der Waals surface area contributed by atoms with Gasteiger partial charge in [-0.05, 0) is 47.9 Å². The number of anilines is 1. The molecule has 8 heteroatoms. The lowest BCUT2D eigenvalue weighted by atomic mass is 10.1. The zero-order valence-electron chi connectivity index (χ0n) is 17.1. The van der Waals surface area contributed by atoms with E-state index in [0.29, 0.717) is 17.4 Å². The molecule has 0 aliphatic heterocycles. The second-order valence-corrected chi connectivity index (χ2v) is 7.56. The molecule has 1 amide bonds. The fourth-order valence-corrected chi connectivity index (χ4v) is 3.43. The average molecular weight is 439 g/mol. The maximum absolute atomic E-state index is 12.0. The van der Waals surface area contributed by atoms with Gasteiger partial charge in [-0.1, -0.05) is 24.3 Å². The van der Waals surface area contributed by atoms with E-state index in [9.17, 15) is 9.59 Å². The highest BCUT2D eigenvalue weighted by molar-refractivity contribution is 7.14. The van der Waals surface area contributed by atoms with E-state index >= 15 is 0 Å². The molecule has 0 aliphatic carbocycles. The summed E-state index contributed by atoms with van der Waals surface area (Å²) in [7, 11) is 1.65. The second kappa shape index (κ2) is 10.4. The van der Waals surface area contributed by atoms with Gasteiger partial charge in [0.2, 0.25) is 5.91 Å². The van der Waals surface area contributed by atoms with Gasteiger partial charge in [0.05, 0.1) is 19.2 Å². The van der Waals surface area contributed by atoms with Crippen LogP contribution in [-0.2, 0) is 22.6 Å². The smallest absolute Gasteiger partial charge is 0.309 e. The number of carbonyl (C=O) groups excluding carboxylic acids is 1. The van der Waals surface area contributed by atoms with Gasteiger partial charge in [-0.25, -0.2) is 4.98 Å². The van der Waals surface area contributed by atoms with Crippen molar-refractivity contribution in [3.63, 3.8) is 0 Å². The number of hydrogen-bond acceptors (Lipinski definition) is 6. The number of ether oxygens (including phenoxy) is 2. The molecule has 1 heterocycles. The highest BCUT2D eigenvalue weighted by atomic mass is 32.1. The maximum atomic E-state index is 12.0. The molecular formula is C23H22N2O5S. The van der Waals surface area contributed by atoms with Crippen molar-refractivity contribution in [3.05, 3.63) is 76.3 Å². The number of aryl methyl sites for hydroxylation is 1. The molecule has 3 aromatic rings. The number of nitrogens with one attached hydrogen (secondary N) is 1. The van der Waals surface area contributed by atoms with E-state index in [2.05, 4.69) is 10.3 Å². The van der Waals surface area contributed by atoms with Crippen molar-refractivity contribution in [2.45, 2.75) is 20.0 Å². The number of carboxylic acid groups (broad SMARTS) is 1. The Morgan fingerprint density at radius 2 is 1.97 bits per heavy atom. The van der Waals surface area contributed by atoms with Crippen LogP contribution < -0.4 is 14.8 Å². The molecule has 31 heavy (non-hydrogen) atoms. The molecular weight excluding hydrogens is 416 g/mol. The van der Waals surface area contributed by atoms with Crippen LogP contribution in [0.15, 0.2) is 53.9 Å². The highest BCUT2D eigenvalue weighted by Gasteiger charge is 2.07. The predicted molar refractivity (Wildman–Crippen MR) is 120 cm³/mol. The Morgan fingerprint density at radius 1 is 1.19 bits per heavy atom. The van der Waals surface area contributed by atoms with Gasteiger partial charge in [0, 0.05) is 11.5 Å². The molecule has 0 atom stereocenters. The van der Waals surface area contributed by atoms with Crippen LogP contribution in [0, 0.1) is 6.92 Å². The van der Waals surface area contributed by atoms with Crippen molar-refractivity contribution in [2.75, 3.05) is 12.4 Å². The van der Waals surface area contributed by atoms with Gasteiger partial charge in [-0.2, -0.15) is 0 Å². The van der Waals surface area contributed by atoms with Gasteiger partial charge < -0.3 is 14.6 Å². The van der Waals surface area contributed by atoms with Crippen molar-refractivity contribution >= 4 is 34.4 Å².